The van der Waals surface area contributed by atoms with Crippen LogP contribution >= 0.6 is 11.6 Å². The molecule has 2 N–H and O–H groups in total. The number of carboxylic acids is 1. The Hall–Kier alpha value is -3.31. The van der Waals surface area contributed by atoms with Crippen LogP contribution in [-0.4, -0.2) is 29.8 Å². The number of amides is 1. The van der Waals surface area contributed by atoms with Crippen LogP contribution in [0.25, 0.3) is 11.1 Å². The van der Waals surface area contributed by atoms with Crippen molar-refractivity contribution < 1.29 is 19.4 Å². The maximum atomic E-state index is 12.8. The summed E-state index contributed by atoms with van der Waals surface area (Å²) in [5, 5.41) is 13.3. The number of carbonyl (C=O) groups is 2. The van der Waals surface area contributed by atoms with Gasteiger partial charge in [-0.3, -0.25) is 0 Å². The minimum Gasteiger partial charge on any atom is -0.480 e. The van der Waals surface area contributed by atoms with Gasteiger partial charge in [-0.15, -0.1) is 0 Å². The van der Waals surface area contributed by atoms with E-state index in [0.717, 1.165) is 57.7 Å². The second-order valence-electron chi connectivity index (χ2n) is 10.4. The first kappa shape index (κ1) is 22.2. The van der Waals surface area contributed by atoms with Gasteiger partial charge in [0, 0.05) is 16.4 Å². The molecule has 0 saturated heterocycles. The lowest BCUT2D eigenvalue weighted by Crippen LogP contribution is -2.73. The molecule has 3 fully saturated rings. The number of aryl methyl sites for hydroxylation is 1. The van der Waals surface area contributed by atoms with Crippen LogP contribution in [0.5, 0.6) is 0 Å². The van der Waals surface area contributed by atoms with Crippen molar-refractivity contribution in [1.82, 2.24) is 5.32 Å². The molecule has 4 aliphatic carbocycles. The second-order valence-corrected chi connectivity index (χ2v) is 10.8. The molecule has 1 amide bonds. The van der Waals surface area contributed by atoms with Gasteiger partial charge >= 0.3 is 12.1 Å². The summed E-state index contributed by atoms with van der Waals surface area (Å²) in [5.41, 5.74) is 6.25. The van der Waals surface area contributed by atoms with Gasteiger partial charge in [-0.2, -0.15) is 0 Å². The number of rotatable bonds is 6. The molecule has 35 heavy (non-hydrogen) atoms. The lowest BCUT2D eigenvalue weighted by atomic mass is 9.31. The lowest BCUT2D eigenvalue weighted by Gasteiger charge is -2.72. The third kappa shape index (κ3) is 3.36. The number of carbonyl (C=O) groups excluding carboxylic acids is 1. The topological polar surface area (TPSA) is 75.6 Å². The van der Waals surface area contributed by atoms with E-state index in [-0.39, 0.29) is 17.9 Å². The average molecular weight is 488 g/mol. The summed E-state index contributed by atoms with van der Waals surface area (Å²) in [6.07, 6.45) is 1.48. The van der Waals surface area contributed by atoms with E-state index in [1.54, 1.807) is 0 Å². The van der Waals surface area contributed by atoms with Crippen molar-refractivity contribution in [3.63, 3.8) is 0 Å². The molecule has 1 atom stereocenters. The molecule has 3 aromatic carbocycles. The van der Waals surface area contributed by atoms with Gasteiger partial charge in [0.2, 0.25) is 0 Å². The first-order chi connectivity index (χ1) is 16.8. The van der Waals surface area contributed by atoms with Crippen LogP contribution in [-0.2, 0) is 14.9 Å². The molecule has 1 unspecified atom stereocenters. The van der Waals surface area contributed by atoms with Crippen molar-refractivity contribution in [2.45, 2.75) is 43.6 Å². The predicted molar refractivity (Wildman–Crippen MR) is 134 cm³/mol. The molecule has 7 rings (SSSR count). The van der Waals surface area contributed by atoms with Crippen molar-refractivity contribution in [3.8, 4) is 11.1 Å². The maximum Gasteiger partial charge on any atom is 0.407 e. The van der Waals surface area contributed by atoms with Crippen LogP contribution < -0.4 is 5.32 Å². The summed E-state index contributed by atoms with van der Waals surface area (Å²) in [5.74, 6) is -1.09. The number of benzene rings is 3. The normalized spacial score (nSPS) is 24.4. The molecule has 0 spiro atoms. The van der Waals surface area contributed by atoms with Gasteiger partial charge in [-0.1, -0.05) is 72.3 Å². The molecular weight excluding hydrogens is 462 g/mol. The smallest absolute Gasteiger partial charge is 0.407 e. The van der Waals surface area contributed by atoms with E-state index in [4.69, 9.17) is 16.3 Å². The number of halogens is 1. The summed E-state index contributed by atoms with van der Waals surface area (Å²) >= 11 is 6.32. The van der Waals surface area contributed by atoms with Crippen LogP contribution in [0.4, 0.5) is 4.79 Å². The molecule has 3 aromatic rings. The van der Waals surface area contributed by atoms with Crippen molar-refractivity contribution in [2.24, 2.45) is 5.41 Å². The Balaban J connectivity index is 1.13. The fraction of sp³-hybridized carbons (Fsp3) is 0.310. The summed E-state index contributed by atoms with van der Waals surface area (Å²) < 4.78 is 5.61. The molecule has 6 heteroatoms. The zero-order chi connectivity index (χ0) is 24.4. The standard InChI is InChI=1S/C29H26ClNO4/c1-17-10-11-18(12-24(17)30)28-14-29(15-28,16-28)25(26(32)33)31-27(34)35-13-23-21-8-4-2-6-19(21)20-7-3-5-9-22(20)23/h2-12,23,25H,13-16H2,1H3,(H,31,34)(H,32,33). The minimum atomic E-state index is -1.02. The van der Waals surface area contributed by atoms with Gasteiger partial charge in [-0.05, 0) is 71.0 Å². The van der Waals surface area contributed by atoms with Gasteiger partial charge in [0.1, 0.15) is 12.6 Å². The molecule has 0 aromatic heterocycles. The maximum absolute atomic E-state index is 12.8. The third-order valence-corrected chi connectivity index (χ3v) is 8.73. The average Bonchev–Trinajstić information content (AvgIpc) is 3.11. The van der Waals surface area contributed by atoms with E-state index in [9.17, 15) is 14.7 Å². The molecule has 178 valence electrons. The number of ether oxygens (including phenoxy) is 1. The van der Waals surface area contributed by atoms with Crippen LogP contribution in [0.1, 0.15) is 47.4 Å². The molecule has 0 radical (unpaired) electrons. The molecule has 0 aliphatic heterocycles. The van der Waals surface area contributed by atoms with E-state index in [0.29, 0.717) is 0 Å². The summed E-state index contributed by atoms with van der Waals surface area (Å²) in [6, 6.07) is 21.4. The Bertz CT molecular complexity index is 1300. The van der Waals surface area contributed by atoms with Crippen molar-refractivity contribution in [1.29, 1.82) is 0 Å². The molecule has 2 bridgehead atoms. The number of hydrogen-bond donors (Lipinski definition) is 2. The zero-order valence-electron chi connectivity index (χ0n) is 19.4. The zero-order valence-corrected chi connectivity index (χ0v) is 20.1. The van der Waals surface area contributed by atoms with Crippen LogP contribution in [0, 0.1) is 12.3 Å². The summed E-state index contributed by atoms with van der Waals surface area (Å²) in [4.78, 5) is 24.9. The van der Waals surface area contributed by atoms with Gasteiger partial charge < -0.3 is 15.2 Å². The van der Waals surface area contributed by atoms with Gasteiger partial charge in [0.05, 0.1) is 0 Å². The van der Waals surface area contributed by atoms with Crippen LogP contribution in [0.3, 0.4) is 0 Å². The highest BCUT2D eigenvalue weighted by Gasteiger charge is 2.72. The minimum absolute atomic E-state index is 0.0338. The van der Waals surface area contributed by atoms with Gasteiger partial charge in [-0.25, -0.2) is 9.59 Å². The third-order valence-electron chi connectivity index (χ3n) is 8.32. The van der Waals surface area contributed by atoms with E-state index in [1.807, 2.05) is 43.3 Å². The number of carboxylic acid groups (broad SMARTS) is 1. The Morgan fingerprint density at radius 3 is 2.20 bits per heavy atom. The number of alkyl carbamates (subject to hydrolysis) is 1. The summed E-state index contributed by atoms with van der Waals surface area (Å²) in [7, 11) is 0. The van der Waals surface area contributed by atoms with E-state index >= 15 is 0 Å². The monoisotopic (exact) mass is 487 g/mol. The van der Waals surface area contributed by atoms with E-state index in [1.165, 1.54) is 0 Å². The number of hydrogen-bond acceptors (Lipinski definition) is 3. The summed E-state index contributed by atoms with van der Waals surface area (Å²) in [6.45, 7) is 2.12. The largest absolute Gasteiger partial charge is 0.480 e. The SMILES string of the molecule is Cc1ccc(C23CC(C(NC(=O)OCC4c5ccccc5-c5ccccc54)C(=O)O)(C2)C3)cc1Cl. The Morgan fingerprint density at radius 1 is 1.03 bits per heavy atom. The van der Waals surface area contributed by atoms with Crippen LogP contribution in [0.2, 0.25) is 5.02 Å². The highest BCUT2D eigenvalue weighted by atomic mass is 35.5. The molecule has 5 nitrogen and oxygen atoms in total. The number of aliphatic carboxylic acids is 1. The Labute approximate surface area is 209 Å². The van der Waals surface area contributed by atoms with E-state index < -0.39 is 23.5 Å². The Morgan fingerprint density at radius 2 is 1.63 bits per heavy atom. The molecule has 4 aliphatic rings. The van der Waals surface area contributed by atoms with Gasteiger partial charge in [0.15, 0.2) is 0 Å². The molecular formula is C29H26ClNO4. The second kappa shape index (κ2) is 7.85. The van der Waals surface area contributed by atoms with Crippen LogP contribution in [0.15, 0.2) is 66.7 Å². The Kier molecular flexibility index (Phi) is 4.98. The highest BCUT2D eigenvalue weighted by molar-refractivity contribution is 6.31. The first-order valence-electron chi connectivity index (χ1n) is 11.9. The van der Waals surface area contributed by atoms with Crippen molar-refractivity contribution in [2.75, 3.05) is 6.61 Å². The number of nitrogens with one attached hydrogen (secondary N) is 1. The van der Waals surface area contributed by atoms with Gasteiger partial charge in [0.25, 0.3) is 0 Å². The van der Waals surface area contributed by atoms with E-state index in [2.05, 4.69) is 35.6 Å². The molecule has 3 saturated carbocycles. The quantitative estimate of drug-likeness (QED) is 0.443. The van der Waals surface area contributed by atoms with Crippen molar-refractivity contribution in [3.05, 3.63) is 94.0 Å². The number of fused-ring (bicyclic) bond motifs is 3. The fourth-order valence-corrected chi connectivity index (χ4v) is 6.82. The van der Waals surface area contributed by atoms with Crippen molar-refractivity contribution >= 4 is 23.7 Å². The lowest BCUT2D eigenvalue weighted by molar-refractivity contribution is -0.183. The first-order valence-corrected chi connectivity index (χ1v) is 12.3. The predicted octanol–water partition coefficient (Wildman–Crippen LogP) is 6.06. The molecule has 0 heterocycles. The fourth-order valence-electron chi connectivity index (χ4n) is 6.64. The highest BCUT2D eigenvalue weighted by Crippen LogP contribution is 2.75.